The quantitative estimate of drug-likeness (QED) is 0.634. The SMILES string of the molecule is CCNC(=NCc1ccccc1F)NC1CC1C. The minimum Gasteiger partial charge on any atom is -0.357 e. The van der Waals surface area contributed by atoms with E-state index in [2.05, 4.69) is 22.5 Å². The normalized spacial score (nSPS) is 22.7. The van der Waals surface area contributed by atoms with Crippen LogP contribution < -0.4 is 10.6 Å². The van der Waals surface area contributed by atoms with Gasteiger partial charge in [-0.15, -0.1) is 0 Å². The fourth-order valence-electron chi connectivity index (χ4n) is 1.81. The van der Waals surface area contributed by atoms with Crippen molar-refractivity contribution >= 4 is 5.96 Å². The zero-order chi connectivity index (χ0) is 13.0. The van der Waals surface area contributed by atoms with Crippen molar-refractivity contribution < 1.29 is 4.39 Å². The van der Waals surface area contributed by atoms with Gasteiger partial charge < -0.3 is 10.6 Å². The highest BCUT2D eigenvalue weighted by Crippen LogP contribution is 2.28. The molecule has 0 aliphatic heterocycles. The van der Waals surface area contributed by atoms with Crippen molar-refractivity contribution in [1.29, 1.82) is 0 Å². The third kappa shape index (κ3) is 3.45. The maximum Gasteiger partial charge on any atom is 0.191 e. The Morgan fingerprint density at radius 2 is 2.17 bits per heavy atom. The molecule has 2 unspecified atom stereocenters. The van der Waals surface area contributed by atoms with Gasteiger partial charge in [0.1, 0.15) is 5.82 Å². The van der Waals surface area contributed by atoms with Crippen molar-refractivity contribution in [3.63, 3.8) is 0 Å². The van der Waals surface area contributed by atoms with E-state index in [4.69, 9.17) is 0 Å². The largest absolute Gasteiger partial charge is 0.357 e. The molecule has 2 atom stereocenters. The van der Waals surface area contributed by atoms with Crippen LogP contribution in [0.25, 0.3) is 0 Å². The van der Waals surface area contributed by atoms with Gasteiger partial charge in [0.2, 0.25) is 0 Å². The molecular weight excluding hydrogens is 229 g/mol. The van der Waals surface area contributed by atoms with E-state index in [1.165, 1.54) is 12.5 Å². The van der Waals surface area contributed by atoms with Gasteiger partial charge in [-0.25, -0.2) is 9.38 Å². The molecule has 98 valence electrons. The van der Waals surface area contributed by atoms with Crippen molar-refractivity contribution in [1.82, 2.24) is 10.6 Å². The molecule has 18 heavy (non-hydrogen) atoms. The van der Waals surface area contributed by atoms with Gasteiger partial charge >= 0.3 is 0 Å². The summed E-state index contributed by atoms with van der Waals surface area (Å²) in [5, 5.41) is 6.53. The average Bonchev–Trinajstić information content (AvgIpc) is 3.04. The number of halogens is 1. The molecule has 0 amide bonds. The van der Waals surface area contributed by atoms with Crippen LogP contribution in [-0.4, -0.2) is 18.5 Å². The van der Waals surface area contributed by atoms with Gasteiger partial charge in [-0.3, -0.25) is 0 Å². The molecule has 0 radical (unpaired) electrons. The first-order valence-electron chi connectivity index (χ1n) is 6.49. The Labute approximate surface area is 108 Å². The Hall–Kier alpha value is -1.58. The average molecular weight is 249 g/mol. The number of benzene rings is 1. The fourth-order valence-corrected chi connectivity index (χ4v) is 1.81. The molecule has 0 spiro atoms. The first-order valence-corrected chi connectivity index (χ1v) is 6.49. The minimum atomic E-state index is -0.197. The van der Waals surface area contributed by atoms with Gasteiger partial charge in [0.05, 0.1) is 6.54 Å². The second-order valence-corrected chi connectivity index (χ2v) is 4.75. The smallest absolute Gasteiger partial charge is 0.191 e. The van der Waals surface area contributed by atoms with Crippen LogP contribution in [0.5, 0.6) is 0 Å². The summed E-state index contributed by atoms with van der Waals surface area (Å²) in [6, 6.07) is 7.27. The minimum absolute atomic E-state index is 0.197. The molecule has 1 aromatic carbocycles. The van der Waals surface area contributed by atoms with E-state index in [1.54, 1.807) is 12.1 Å². The summed E-state index contributed by atoms with van der Waals surface area (Å²) in [5.41, 5.74) is 0.624. The molecular formula is C14H20FN3. The predicted octanol–water partition coefficient (Wildman–Crippen LogP) is 2.29. The summed E-state index contributed by atoms with van der Waals surface area (Å²) in [6.45, 7) is 5.40. The Kier molecular flexibility index (Phi) is 4.18. The van der Waals surface area contributed by atoms with Gasteiger partial charge in [0.25, 0.3) is 0 Å². The maximum atomic E-state index is 13.5. The molecule has 3 nitrogen and oxygen atoms in total. The first kappa shape index (κ1) is 12.9. The first-order chi connectivity index (χ1) is 8.70. The lowest BCUT2D eigenvalue weighted by atomic mass is 10.2. The van der Waals surface area contributed by atoms with Crippen molar-refractivity contribution in [3.05, 3.63) is 35.6 Å². The Morgan fingerprint density at radius 3 is 2.78 bits per heavy atom. The van der Waals surface area contributed by atoms with Gasteiger partial charge in [-0.2, -0.15) is 0 Å². The summed E-state index contributed by atoms with van der Waals surface area (Å²) >= 11 is 0. The lowest BCUT2D eigenvalue weighted by molar-refractivity contribution is 0.610. The van der Waals surface area contributed by atoms with Crippen molar-refractivity contribution in [3.8, 4) is 0 Å². The van der Waals surface area contributed by atoms with Crippen LogP contribution in [0.3, 0.4) is 0 Å². The predicted molar refractivity (Wildman–Crippen MR) is 71.9 cm³/mol. The summed E-state index contributed by atoms with van der Waals surface area (Å²) < 4.78 is 13.5. The molecule has 2 N–H and O–H groups in total. The van der Waals surface area contributed by atoms with Crippen molar-refractivity contribution in [2.75, 3.05) is 6.54 Å². The lowest BCUT2D eigenvalue weighted by Gasteiger charge is -2.10. The van der Waals surface area contributed by atoms with E-state index in [0.717, 1.165) is 12.5 Å². The number of guanidine groups is 1. The summed E-state index contributed by atoms with van der Waals surface area (Å²) in [7, 11) is 0. The van der Waals surface area contributed by atoms with E-state index >= 15 is 0 Å². The van der Waals surface area contributed by atoms with E-state index in [1.807, 2.05) is 13.0 Å². The molecule has 1 aliphatic rings. The van der Waals surface area contributed by atoms with E-state index in [0.29, 0.717) is 24.1 Å². The zero-order valence-corrected chi connectivity index (χ0v) is 10.9. The highest BCUT2D eigenvalue weighted by atomic mass is 19.1. The molecule has 1 aliphatic carbocycles. The Bertz CT molecular complexity index is 431. The van der Waals surface area contributed by atoms with Crippen LogP contribution in [0.4, 0.5) is 4.39 Å². The number of nitrogens with one attached hydrogen (secondary N) is 2. The third-order valence-electron chi connectivity index (χ3n) is 3.14. The summed E-state index contributed by atoms with van der Waals surface area (Å²) in [6.07, 6.45) is 1.18. The Morgan fingerprint density at radius 1 is 1.44 bits per heavy atom. The monoisotopic (exact) mass is 249 g/mol. The molecule has 0 aromatic heterocycles. The van der Waals surface area contributed by atoms with Crippen molar-refractivity contribution in [2.45, 2.75) is 32.9 Å². The van der Waals surface area contributed by atoms with E-state index in [9.17, 15) is 4.39 Å². The second kappa shape index (κ2) is 5.85. The molecule has 0 bridgehead atoms. The standard InChI is InChI=1S/C14H20FN3/c1-3-16-14(18-13-8-10(13)2)17-9-11-6-4-5-7-12(11)15/h4-7,10,13H,3,8-9H2,1-2H3,(H2,16,17,18). The van der Waals surface area contributed by atoms with E-state index < -0.39 is 0 Å². The molecule has 2 rings (SSSR count). The highest BCUT2D eigenvalue weighted by molar-refractivity contribution is 5.80. The number of aliphatic imine (C=N–C) groups is 1. The topological polar surface area (TPSA) is 36.4 Å². The number of hydrogen-bond donors (Lipinski definition) is 2. The molecule has 4 heteroatoms. The maximum absolute atomic E-state index is 13.5. The molecule has 1 saturated carbocycles. The fraction of sp³-hybridized carbons (Fsp3) is 0.500. The van der Waals surface area contributed by atoms with Crippen molar-refractivity contribution in [2.24, 2.45) is 10.9 Å². The van der Waals surface area contributed by atoms with Crippen LogP contribution in [0.2, 0.25) is 0 Å². The number of rotatable bonds is 4. The van der Waals surface area contributed by atoms with Gasteiger partial charge in [-0.05, 0) is 25.3 Å². The number of hydrogen-bond acceptors (Lipinski definition) is 1. The van der Waals surface area contributed by atoms with Gasteiger partial charge in [-0.1, -0.05) is 25.1 Å². The van der Waals surface area contributed by atoms with Gasteiger partial charge in [0, 0.05) is 18.2 Å². The highest BCUT2D eigenvalue weighted by Gasteiger charge is 2.33. The van der Waals surface area contributed by atoms with Crippen LogP contribution in [0.1, 0.15) is 25.8 Å². The molecule has 0 saturated heterocycles. The number of nitrogens with zero attached hydrogens (tertiary/aromatic N) is 1. The van der Waals surface area contributed by atoms with Crippen LogP contribution in [-0.2, 0) is 6.54 Å². The van der Waals surface area contributed by atoms with Crippen LogP contribution >= 0.6 is 0 Å². The molecule has 1 aromatic rings. The van der Waals surface area contributed by atoms with E-state index in [-0.39, 0.29) is 5.82 Å². The summed E-state index contributed by atoms with van der Waals surface area (Å²) in [4.78, 5) is 4.41. The molecule has 1 fully saturated rings. The zero-order valence-electron chi connectivity index (χ0n) is 10.9. The Balaban J connectivity index is 1.97. The lowest BCUT2D eigenvalue weighted by Crippen LogP contribution is -2.39. The third-order valence-corrected chi connectivity index (χ3v) is 3.14. The second-order valence-electron chi connectivity index (χ2n) is 4.75. The van der Waals surface area contributed by atoms with Gasteiger partial charge in [0.15, 0.2) is 5.96 Å². The molecule has 0 heterocycles. The van der Waals surface area contributed by atoms with Crippen LogP contribution in [0, 0.1) is 11.7 Å². The summed E-state index contributed by atoms with van der Waals surface area (Å²) in [5.74, 6) is 1.29. The van der Waals surface area contributed by atoms with Crippen LogP contribution in [0.15, 0.2) is 29.3 Å².